The van der Waals surface area contributed by atoms with Gasteiger partial charge >= 0.3 is 0 Å². The van der Waals surface area contributed by atoms with E-state index in [1.807, 2.05) is 6.26 Å². The molecule has 1 fully saturated rings. The molecule has 7 heteroatoms. The Morgan fingerprint density at radius 1 is 1.50 bits per heavy atom. The second kappa shape index (κ2) is 6.38. The Labute approximate surface area is 117 Å². The van der Waals surface area contributed by atoms with E-state index in [2.05, 4.69) is 10.0 Å². The fraction of sp³-hybridized carbons (Fsp3) is 0.636. The van der Waals surface area contributed by atoms with Gasteiger partial charge in [-0.15, -0.1) is 11.3 Å². The van der Waals surface area contributed by atoms with Crippen LogP contribution in [0, 0.1) is 0 Å². The van der Waals surface area contributed by atoms with Crippen molar-refractivity contribution >= 4 is 33.1 Å². The monoisotopic (exact) mass is 306 g/mol. The van der Waals surface area contributed by atoms with Gasteiger partial charge in [-0.2, -0.15) is 11.8 Å². The highest BCUT2D eigenvalue weighted by Crippen LogP contribution is 2.22. The van der Waals surface area contributed by atoms with Crippen LogP contribution in [-0.4, -0.2) is 33.0 Å². The van der Waals surface area contributed by atoms with Crippen molar-refractivity contribution < 1.29 is 8.42 Å². The fourth-order valence-electron chi connectivity index (χ4n) is 1.49. The fourth-order valence-corrected chi connectivity index (χ4v) is 4.18. The molecule has 0 atom stereocenters. The van der Waals surface area contributed by atoms with E-state index in [9.17, 15) is 8.42 Å². The number of hydrogen-bond donors (Lipinski definition) is 2. The molecule has 1 aromatic rings. The largest absolute Gasteiger partial charge is 0.309 e. The number of hydrogen-bond acceptors (Lipinski definition) is 5. The third kappa shape index (κ3) is 4.24. The van der Waals surface area contributed by atoms with Crippen LogP contribution in [-0.2, 0) is 16.6 Å². The minimum Gasteiger partial charge on any atom is -0.309 e. The van der Waals surface area contributed by atoms with Crippen LogP contribution < -0.4 is 10.0 Å². The van der Waals surface area contributed by atoms with E-state index >= 15 is 0 Å². The molecule has 18 heavy (non-hydrogen) atoms. The summed E-state index contributed by atoms with van der Waals surface area (Å²) in [5.41, 5.74) is 0. The number of thiophene rings is 1. The van der Waals surface area contributed by atoms with Gasteiger partial charge in [0.15, 0.2) is 0 Å². The average Bonchev–Trinajstić information content (AvgIpc) is 3.03. The molecule has 0 saturated heterocycles. The Morgan fingerprint density at radius 3 is 2.94 bits per heavy atom. The van der Waals surface area contributed by atoms with E-state index in [1.54, 1.807) is 23.2 Å². The van der Waals surface area contributed by atoms with Gasteiger partial charge in [0.1, 0.15) is 0 Å². The lowest BCUT2D eigenvalue weighted by Crippen LogP contribution is -2.25. The van der Waals surface area contributed by atoms with Crippen molar-refractivity contribution in [3.8, 4) is 0 Å². The summed E-state index contributed by atoms with van der Waals surface area (Å²) in [6.07, 6.45) is 4.44. The van der Waals surface area contributed by atoms with E-state index in [-0.39, 0.29) is 0 Å². The lowest BCUT2D eigenvalue weighted by atomic mass is 10.4. The Kier molecular flexibility index (Phi) is 5.08. The minimum atomic E-state index is -3.32. The highest BCUT2D eigenvalue weighted by molar-refractivity contribution is 7.98. The molecule has 102 valence electrons. The zero-order chi connectivity index (χ0) is 13.0. The normalized spacial score (nSPS) is 16.1. The van der Waals surface area contributed by atoms with Crippen LogP contribution in [0.5, 0.6) is 0 Å². The summed E-state index contributed by atoms with van der Waals surface area (Å²) < 4.78 is 26.5. The first-order valence-corrected chi connectivity index (χ1v) is 9.67. The molecule has 1 saturated carbocycles. The zero-order valence-electron chi connectivity index (χ0n) is 10.3. The summed E-state index contributed by atoms with van der Waals surface area (Å²) in [5, 5.41) is 5.10. The van der Waals surface area contributed by atoms with Crippen LogP contribution in [0.3, 0.4) is 0 Å². The van der Waals surface area contributed by atoms with Crippen LogP contribution in [0.25, 0.3) is 0 Å². The molecule has 0 radical (unpaired) electrons. The van der Waals surface area contributed by atoms with Gasteiger partial charge in [-0.1, -0.05) is 0 Å². The summed E-state index contributed by atoms with van der Waals surface area (Å²) in [7, 11) is -3.32. The molecular weight excluding hydrogens is 288 g/mol. The van der Waals surface area contributed by atoms with Gasteiger partial charge in [-0.05, 0) is 25.2 Å². The maximum Gasteiger partial charge on any atom is 0.241 e. The third-order valence-corrected chi connectivity index (χ3v) is 5.82. The smallest absolute Gasteiger partial charge is 0.241 e. The molecule has 0 aromatic carbocycles. The Hall–Kier alpha value is -0.0800. The van der Waals surface area contributed by atoms with Crippen molar-refractivity contribution in [2.75, 3.05) is 18.6 Å². The van der Waals surface area contributed by atoms with Crippen molar-refractivity contribution in [3.05, 3.63) is 16.3 Å². The lowest BCUT2D eigenvalue weighted by molar-refractivity contribution is 0.584. The Morgan fingerprint density at radius 2 is 2.28 bits per heavy atom. The first-order valence-electron chi connectivity index (χ1n) is 5.91. The Balaban J connectivity index is 1.90. The molecule has 0 unspecified atom stereocenters. The van der Waals surface area contributed by atoms with Crippen LogP contribution in [0.2, 0.25) is 0 Å². The molecule has 2 N–H and O–H groups in total. The predicted octanol–water partition coefficient (Wildman–Crippen LogP) is 1.64. The second-order valence-corrected chi connectivity index (χ2v) is 8.04. The zero-order valence-corrected chi connectivity index (χ0v) is 12.8. The molecule has 1 aromatic heterocycles. The van der Waals surface area contributed by atoms with Gasteiger partial charge < -0.3 is 5.32 Å². The topological polar surface area (TPSA) is 58.2 Å². The maximum atomic E-state index is 11.9. The van der Waals surface area contributed by atoms with Crippen LogP contribution in [0.1, 0.15) is 17.7 Å². The molecule has 0 spiro atoms. The molecule has 0 aliphatic heterocycles. The SMILES string of the molecule is CSCCNS(=O)(=O)c1csc(CNC2CC2)c1. The summed E-state index contributed by atoms with van der Waals surface area (Å²) >= 11 is 3.13. The van der Waals surface area contributed by atoms with Gasteiger partial charge in [0, 0.05) is 35.1 Å². The van der Waals surface area contributed by atoms with Crippen molar-refractivity contribution in [2.45, 2.75) is 30.3 Å². The van der Waals surface area contributed by atoms with Crippen molar-refractivity contribution in [1.29, 1.82) is 0 Å². The van der Waals surface area contributed by atoms with E-state index in [0.29, 0.717) is 17.5 Å². The highest BCUT2D eigenvalue weighted by Gasteiger charge is 2.21. The first-order chi connectivity index (χ1) is 8.62. The standard InChI is InChI=1S/C11H18N2O2S3/c1-16-5-4-13-18(14,15)11-6-10(17-8-11)7-12-9-2-3-9/h6,8-9,12-13H,2-5,7H2,1H3. The molecule has 4 nitrogen and oxygen atoms in total. The molecular formula is C11H18N2O2S3. The second-order valence-electron chi connectivity index (χ2n) is 4.29. The summed E-state index contributed by atoms with van der Waals surface area (Å²) in [5.74, 6) is 0.791. The van der Waals surface area contributed by atoms with Crippen LogP contribution in [0.15, 0.2) is 16.3 Å². The number of sulfonamides is 1. The van der Waals surface area contributed by atoms with E-state index in [0.717, 1.165) is 17.2 Å². The molecule has 0 bridgehead atoms. The lowest BCUT2D eigenvalue weighted by Gasteiger charge is -2.03. The van der Waals surface area contributed by atoms with Gasteiger partial charge in [0.05, 0.1) is 4.90 Å². The Bertz CT molecular complexity index is 480. The molecule has 1 aliphatic rings. The number of thioether (sulfide) groups is 1. The van der Waals surface area contributed by atoms with Gasteiger partial charge in [0.2, 0.25) is 10.0 Å². The summed E-state index contributed by atoms with van der Waals surface area (Å²) in [4.78, 5) is 1.47. The van der Waals surface area contributed by atoms with E-state index in [1.165, 1.54) is 24.2 Å². The quantitative estimate of drug-likeness (QED) is 0.717. The van der Waals surface area contributed by atoms with Crippen molar-refractivity contribution in [2.24, 2.45) is 0 Å². The predicted molar refractivity (Wildman–Crippen MR) is 77.8 cm³/mol. The summed E-state index contributed by atoms with van der Waals surface area (Å²) in [6, 6.07) is 2.41. The highest BCUT2D eigenvalue weighted by atomic mass is 32.2. The van der Waals surface area contributed by atoms with Gasteiger partial charge in [0.25, 0.3) is 0 Å². The first kappa shape index (κ1) is 14.3. The average molecular weight is 306 g/mol. The van der Waals surface area contributed by atoms with E-state index < -0.39 is 10.0 Å². The van der Waals surface area contributed by atoms with Gasteiger partial charge in [-0.3, -0.25) is 0 Å². The minimum absolute atomic E-state index is 0.390. The van der Waals surface area contributed by atoms with Crippen molar-refractivity contribution in [3.63, 3.8) is 0 Å². The maximum absolute atomic E-state index is 11.9. The molecule has 2 rings (SSSR count). The molecule has 1 aliphatic carbocycles. The number of rotatable bonds is 8. The molecule has 1 heterocycles. The van der Waals surface area contributed by atoms with E-state index in [4.69, 9.17) is 0 Å². The van der Waals surface area contributed by atoms with Crippen LogP contribution in [0.4, 0.5) is 0 Å². The van der Waals surface area contributed by atoms with Crippen molar-refractivity contribution in [1.82, 2.24) is 10.0 Å². The summed E-state index contributed by atoms with van der Waals surface area (Å²) in [6.45, 7) is 1.25. The number of nitrogens with one attached hydrogen (secondary N) is 2. The molecule has 0 amide bonds. The third-order valence-electron chi connectivity index (χ3n) is 2.68. The van der Waals surface area contributed by atoms with Crippen LogP contribution >= 0.6 is 23.1 Å². The van der Waals surface area contributed by atoms with Gasteiger partial charge in [-0.25, -0.2) is 13.1 Å².